The Kier molecular flexibility index (Phi) is 3.57. The van der Waals surface area contributed by atoms with Crippen LogP contribution in [0.15, 0.2) is 39.5 Å². The predicted molar refractivity (Wildman–Crippen MR) is 99.6 cm³/mol. The number of ether oxygens (including phenoxy) is 1. The summed E-state index contributed by atoms with van der Waals surface area (Å²) in [5.41, 5.74) is 6.49. The van der Waals surface area contributed by atoms with Crippen molar-refractivity contribution in [3.63, 3.8) is 0 Å². The molecule has 4 heteroatoms. The van der Waals surface area contributed by atoms with Gasteiger partial charge in [0, 0.05) is 16.6 Å². The first-order valence-corrected chi connectivity index (χ1v) is 8.46. The molecule has 0 bridgehead atoms. The molecule has 0 atom stereocenters. The van der Waals surface area contributed by atoms with Crippen LogP contribution in [0, 0.1) is 27.7 Å². The SMILES string of the molecule is Cc1ccc(C)c(N2COc3ccc4c(C)c(C)c(=O)oc4c3C2)c1. The van der Waals surface area contributed by atoms with Crippen LogP contribution in [0.1, 0.15) is 27.8 Å². The van der Waals surface area contributed by atoms with Gasteiger partial charge in [0.15, 0.2) is 6.73 Å². The van der Waals surface area contributed by atoms with E-state index in [2.05, 4.69) is 36.9 Å². The first-order valence-electron chi connectivity index (χ1n) is 8.46. The lowest BCUT2D eigenvalue weighted by molar-refractivity contribution is 0.289. The second-order valence-electron chi connectivity index (χ2n) is 6.82. The molecular formula is C21H21NO3. The molecule has 0 radical (unpaired) electrons. The third-order valence-electron chi connectivity index (χ3n) is 5.12. The van der Waals surface area contributed by atoms with Crippen molar-refractivity contribution in [2.24, 2.45) is 0 Å². The molecule has 25 heavy (non-hydrogen) atoms. The zero-order valence-electron chi connectivity index (χ0n) is 15.0. The monoisotopic (exact) mass is 335 g/mol. The molecule has 0 saturated carbocycles. The Bertz CT molecular complexity index is 1050. The van der Waals surface area contributed by atoms with Crippen molar-refractivity contribution in [2.75, 3.05) is 11.6 Å². The maximum absolute atomic E-state index is 12.2. The molecular weight excluding hydrogens is 314 g/mol. The van der Waals surface area contributed by atoms with Crippen molar-refractivity contribution in [2.45, 2.75) is 34.2 Å². The van der Waals surface area contributed by atoms with E-state index in [9.17, 15) is 4.79 Å². The van der Waals surface area contributed by atoms with Crippen molar-refractivity contribution in [3.8, 4) is 5.75 Å². The fourth-order valence-corrected chi connectivity index (χ4v) is 3.43. The fraction of sp³-hybridized carbons (Fsp3) is 0.286. The second-order valence-corrected chi connectivity index (χ2v) is 6.82. The third-order valence-corrected chi connectivity index (χ3v) is 5.12. The third kappa shape index (κ3) is 2.49. The van der Waals surface area contributed by atoms with Crippen LogP contribution in [-0.2, 0) is 6.54 Å². The van der Waals surface area contributed by atoms with Gasteiger partial charge < -0.3 is 14.1 Å². The number of nitrogens with zero attached hydrogens (tertiary/aromatic N) is 1. The van der Waals surface area contributed by atoms with E-state index in [-0.39, 0.29) is 5.63 Å². The Morgan fingerprint density at radius 1 is 1.00 bits per heavy atom. The molecule has 0 fully saturated rings. The molecule has 3 aromatic rings. The Hall–Kier alpha value is -2.75. The zero-order valence-corrected chi connectivity index (χ0v) is 15.0. The van der Waals surface area contributed by atoms with Gasteiger partial charge in [-0.3, -0.25) is 0 Å². The lowest BCUT2D eigenvalue weighted by atomic mass is 10.0. The molecule has 0 aliphatic carbocycles. The van der Waals surface area contributed by atoms with Crippen LogP contribution in [0.2, 0.25) is 0 Å². The van der Waals surface area contributed by atoms with Gasteiger partial charge in [-0.05, 0) is 62.6 Å². The van der Waals surface area contributed by atoms with Crippen LogP contribution in [0.5, 0.6) is 5.75 Å². The molecule has 0 unspecified atom stereocenters. The number of rotatable bonds is 1. The van der Waals surface area contributed by atoms with Gasteiger partial charge in [0.05, 0.1) is 12.1 Å². The van der Waals surface area contributed by atoms with E-state index in [1.807, 2.05) is 19.1 Å². The quantitative estimate of drug-likeness (QED) is 0.619. The Labute approximate surface area is 146 Å². The molecule has 128 valence electrons. The van der Waals surface area contributed by atoms with Gasteiger partial charge in [-0.1, -0.05) is 12.1 Å². The number of fused-ring (bicyclic) bond motifs is 3. The maximum Gasteiger partial charge on any atom is 0.339 e. The summed E-state index contributed by atoms with van der Waals surface area (Å²) in [5, 5.41) is 0.974. The van der Waals surface area contributed by atoms with Crippen molar-refractivity contribution in [3.05, 3.63) is 68.6 Å². The number of hydrogen-bond donors (Lipinski definition) is 0. The minimum Gasteiger partial charge on any atom is -0.473 e. The number of aryl methyl sites for hydroxylation is 3. The molecule has 0 N–H and O–H groups in total. The van der Waals surface area contributed by atoms with Gasteiger partial charge in [-0.15, -0.1) is 0 Å². The highest BCUT2D eigenvalue weighted by Gasteiger charge is 2.23. The van der Waals surface area contributed by atoms with E-state index >= 15 is 0 Å². The summed E-state index contributed by atoms with van der Waals surface area (Å²) < 4.78 is 11.6. The number of benzene rings is 2. The Morgan fingerprint density at radius 2 is 1.80 bits per heavy atom. The lowest BCUT2D eigenvalue weighted by Crippen LogP contribution is -2.32. The Balaban J connectivity index is 1.87. The first-order chi connectivity index (χ1) is 12.0. The van der Waals surface area contributed by atoms with Crippen molar-refractivity contribution < 1.29 is 9.15 Å². The van der Waals surface area contributed by atoms with E-state index in [0.717, 1.165) is 28.0 Å². The van der Waals surface area contributed by atoms with Crippen molar-refractivity contribution in [1.82, 2.24) is 0 Å². The van der Waals surface area contributed by atoms with E-state index in [0.29, 0.717) is 24.4 Å². The average molecular weight is 335 g/mol. The summed E-state index contributed by atoms with van der Waals surface area (Å²) in [4.78, 5) is 14.3. The Morgan fingerprint density at radius 3 is 2.60 bits per heavy atom. The lowest BCUT2D eigenvalue weighted by Gasteiger charge is -2.32. The van der Waals surface area contributed by atoms with E-state index < -0.39 is 0 Å². The molecule has 1 aliphatic heterocycles. The summed E-state index contributed by atoms with van der Waals surface area (Å²) >= 11 is 0. The van der Waals surface area contributed by atoms with Crippen LogP contribution < -0.4 is 15.3 Å². The van der Waals surface area contributed by atoms with E-state index in [4.69, 9.17) is 9.15 Å². The average Bonchev–Trinajstić information content (AvgIpc) is 2.61. The van der Waals surface area contributed by atoms with Crippen LogP contribution in [0.25, 0.3) is 11.0 Å². The van der Waals surface area contributed by atoms with Gasteiger partial charge in [0.25, 0.3) is 0 Å². The van der Waals surface area contributed by atoms with Gasteiger partial charge in [-0.25, -0.2) is 4.79 Å². The molecule has 1 aliphatic rings. The van der Waals surface area contributed by atoms with Crippen molar-refractivity contribution in [1.29, 1.82) is 0 Å². The zero-order chi connectivity index (χ0) is 17.7. The topological polar surface area (TPSA) is 42.7 Å². The molecule has 2 aromatic carbocycles. The molecule has 0 spiro atoms. The van der Waals surface area contributed by atoms with Crippen LogP contribution in [0.4, 0.5) is 5.69 Å². The number of anilines is 1. The molecule has 1 aromatic heterocycles. The van der Waals surface area contributed by atoms with E-state index in [1.165, 1.54) is 11.1 Å². The smallest absolute Gasteiger partial charge is 0.339 e. The van der Waals surface area contributed by atoms with Gasteiger partial charge in [-0.2, -0.15) is 0 Å². The highest BCUT2D eigenvalue weighted by atomic mass is 16.5. The highest BCUT2D eigenvalue weighted by molar-refractivity contribution is 5.86. The highest BCUT2D eigenvalue weighted by Crippen LogP contribution is 2.36. The summed E-state index contributed by atoms with van der Waals surface area (Å²) in [6.45, 7) is 9.09. The normalized spacial score (nSPS) is 13.7. The maximum atomic E-state index is 12.2. The summed E-state index contributed by atoms with van der Waals surface area (Å²) in [6.07, 6.45) is 0. The van der Waals surface area contributed by atoms with Gasteiger partial charge >= 0.3 is 5.63 Å². The van der Waals surface area contributed by atoms with E-state index in [1.54, 1.807) is 6.92 Å². The van der Waals surface area contributed by atoms with Gasteiger partial charge in [0.1, 0.15) is 11.3 Å². The number of hydrogen-bond acceptors (Lipinski definition) is 4. The molecule has 4 nitrogen and oxygen atoms in total. The van der Waals surface area contributed by atoms with Crippen LogP contribution >= 0.6 is 0 Å². The van der Waals surface area contributed by atoms with Crippen LogP contribution in [-0.4, -0.2) is 6.73 Å². The molecule has 2 heterocycles. The largest absolute Gasteiger partial charge is 0.473 e. The van der Waals surface area contributed by atoms with Crippen LogP contribution in [0.3, 0.4) is 0 Å². The minimum atomic E-state index is -0.276. The van der Waals surface area contributed by atoms with Crippen molar-refractivity contribution >= 4 is 16.7 Å². The van der Waals surface area contributed by atoms with Gasteiger partial charge in [0.2, 0.25) is 0 Å². The molecule has 4 rings (SSSR count). The summed E-state index contributed by atoms with van der Waals surface area (Å²) in [5.74, 6) is 0.792. The minimum absolute atomic E-state index is 0.276. The fourth-order valence-electron chi connectivity index (χ4n) is 3.43. The summed E-state index contributed by atoms with van der Waals surface area (Å²) in [7, 11) is 0. The predicted octanol–water partition coefficient (Wildman–Crippen LogP) is 4.38. The summed E-state index contributed by atoms with van der Waals surface area (Å²) in [6, 6.07) is 10.4. The molecule has 0 amide bonds. The standard InChI is InChI=1S/C21H21NO3/c1-12-5-6-13(2)18(9-12)22-10-17-19(24-11-22)8-7-16-14(3)15(4)21(23)25-20(16)17/h5-9H,10-11H2,1-4H3. The molecule has 0 saturated heterocycles. The second kappa shape index (κ2) is 5.66. The first kappa shape index (κ1) is 15.8.